The van der Waals surface area contributed by atoms with Crippen molar-refractivity contribution >= 4 is 0 Å². The minimum absolute atomic E-state index is 0.304. The van der Waals surface area contributed by atoms with Crippen molar-refractivity contribution in [2.75, 3.05) is 20.2 Å². The molecule has 4 nitrogen and oxygen atoms in total. The summed E-state index contributed by atoms with van der Waals surface area (Å²) in [7, 11) is 1.54. The second kappa shape index (κ2) is 5.63. The largest absolute Gasteiger partial charge is 0.496 e. The Balaban J connectivity index is 1.86. The van der Waals surface area contributed by atoms with Gasteiger partial charge in [0.1, 0.15) is 17.4 Å². The van der Waals surface area contributed by atoms with E-state index in [1.165, 1.54) is 12.5 Å². The van der Waals surface area contributed by atoms with Crippen molar-refractivity contribution in [1.29, 1.82) is 0 Å². The SMILES string of the molecule is COc1cccc(F)c1-c1cnc(CC2CCNC2)[nH]1. The average molecular weight is 275 g/mol. The highest BCUT2D eigenvalue weighted by molar-refractivity contribution is 5.67. The first kappa shape index (κ1) is 13.1. The summed E-state index contributed by atoms with van der Waals surface area (Å²) >= 11 is 0. The fraction of sp³-hybridized carbons (Fsp3) is 0.400. The summed E-state index contributed by atoms with van der Waals surface area (Å²) in [4.78, 5) is 7.58. The number of aromatic amines is 1. The van der Waals surface area contributed by atoms with Gasteiger partial charge in [0.2, 0.25) is 0 Å². The molecule has 20 heavy (non-hydrogen) atoms. The van der Waals surface area contributed by atoms with E-state index in [2.05, 4.69) is 15.3 Å². The van der Waals surface area contributed by atoms with E-state index in [0.29, 0.717) is 22.9 Å². The Morgan fingerprint density at radius 1 is 1.45 bits per heavy atom. The predicted octanol–water partition coefficient (Wildman–Crippen LogP) is 2.38. The normalized spacial score (nSPS) is 18.4. The molecule has 1 aromatic heterocycles. The van der Waals surface area contributed by atoms with E-state index in [4.69, 9.17) is 4.74 Å². The van der Waals surface area contributed by atoms with Crippen LogP contribution in [-0.2, 0) is 6.42 Å². The molecule has 0 radical (unpaired) electrons. The van der Waals surface area contributed by atoms with Crippen LogP contribution in [0.2, 0.25) is 0 Å². The summed E-state index contributed by atoms with van der Waals surface area (Å²) in [5.41, 5.74) is 1.11. The van der Waals surface area contributed by atoms with Crippen LogP contribution in [0.25, 0.3) is 11.3 Å². The first-order chi connectivity index (χ1) is 9.78. The molecule has 2 aromatic rings. The zero-order chi connectivity index (χ0) is 13.9. The summed E-state index contributed by atoms with van der Waals surface area (Å²) < 4.78 is 19.2. The van der Waals surface area contributed by atoms with Crippen molar-refractivity contribution < 1.29 is 9.13 Å². The van der Waals surface area contributed by atoms with Gasteiger partial charge in [-0.25, -0.2) is 9.37 Å². The van der Waals surface area contributed by atoms with Gasteiger partial charge < -0.3 is 15.0 Å². The number of hydrogen-bond acceptors (Lipinski definition) is 3. The Morgan fingerprint density at radius 2 is 2.35 bits per heavy atom. The van der Waals surface area contributed by atoms with Crippen LogP contribution in [0.5, 0.6) is 5.75 Å². The number of hydrogen-bond donors (Lipinski definition) is 2. The molecule has 0 spiro atoms. The van der Waals surface area contributed by atoms with Crippen LogP contribution >= 0.6 is 0 Å². The number of nitrogens with one attached hydrogen (secondary N) is 2. The van der Waals surface area contributed by atoms with E-state index in [-0.39, 0.29) is 5.82 Å². The lowest BCUT2D eigenvalue weighted by molar-refractivity contribution is 0.413. The molecule has 3 rings (SSSR count). The topological polar surface area (TPSA) is 49.9 Å². The Bertz CT molecular complexity index is 591. The fourth-order valence-corrected chi connectivity index (χ4v) is 2.69. The molecule has 106 valence electrons. The minimum Gasteiger partial charge on any atom is -0.496 e. The van der Waals surface area contributed by atoms with Gasteiger partial charge >= 0.3 is 0 Å². The second-order valence-corrected chi connectivity index (χ2v) is 5.12. The molecule has 1 unspecified atom stereocenters. The van der Waals surface area contributed by atoms with Crippen LogP contribution in [0.15, 0.2) is 24.4 Å². The molecule has 1 saturated heterocycles. The number of nitrogens with zero attached hydrogens (tertiary/aromatic N) is 1. The molecular formula is C15H18FN3O. The average Bonchev–Trinajstić information content (AvgIpc) is 3.11. The van der Waals surface area contributed by atoms with Crippen LogP contribution in [-0.4, -0.2) is 30.2 Å². The van der Waals surface area contributed by atoms with Gasteiger partial charge in [-0.3, -0.25) is 0 Å². The van der Waals surface area contributed by atoms with E-state index in [1.807, 2.05) is 0 Å². The molecule has 1 atom stereocenters. The highest BCUT2D eigenvalue weighted by Crippen LogP contribution is 2.31. The predicted molar refractivity (Wildman–Crippen MR) is 75.2 cm³/mol. The van der Waals surface area contributed by atoms with Gasteiger partial charge in [0.05, 0.1) is 24.6 Å². The maximum atomic E-state index is 14.0. The minimum atomic E-state index is -0.304. The van der Waals surface area contributed by atoms with Gasteiger partial charge in [-0.2, -0.15) is 0 Å². The number of H-pyrrole nitrogens is 1. The zero-order valence-electron chi connectivity index (χ0n) is 11.4. The van der Waals surface area contributed by atoms with Gasteiger partial charge in [0.25, 0.3) is 0 Å². The second-order valence-electron chi connectivity index (χ2n) is 5.12. The molecule has 5 heteroatoms. The standard InChI is InChI=1S/C15H18FN3O/c1-20-13-4-2-3-11(16)15(13)12-9-18-14(19-12)7-10-5-6-17-8-10/h2-4,9-10,17H,5-8H2,1H3,(H,18,19). The third kappa shape index (κ3) is 2.54. The van der Waals surface area contributed by atoms with Crippen LogP contribution < -0.4 is 10.1 Å². The Hall–Kier alpha value is -1.88. The molecule has 2 heterocycles. The van der Waals surface area contributed by atoms with E-state index >= 15 is 0 Å². The molecule has 0 bridgehead atoms. The van der Waals surface area contributed by atoms with E-state index < -0.39 is 0 Å². The van der Waals surface area contributed by atoms with Crippen LogP contribution in [0.4, 0.5) is 4.39 Å². The van der Waals surface area contributed by atoms with Crippen LogP contribution in [0, 0.1) is 11.7 Å². The quantitative estimate of drug-likeness (QED) is 0.900. The lowest BCUT2D eigenvalue weighted by Gasteiger charge is -2.08. The first-order valence-electron chi connectivity index (χ1n) is 6.85. The number of methoxy groups -OCH3 is 1. The number of halogens is 1. The number of rotatable bonds is 4. The van der Waals surface area contributed by atoms with Crippen molar-refractivity contribution in [3.8, 4) is 17.0 Å². The maximum absolute atomic E-state index is 14.0. The molecule has 2 N–H and O–H groups in total. The van der Waals surface area contributed by atoms with Gasteiger partial charge in [0, 0.05) is 6.42 Å². The third-order valence-electron chi connectivity index (χ3n) is 3.74. The summed E-state index contributed by atoms with van der Waals surface area (Å²) in [5, 5.41) is 3.34. The number of benzene rings is 1. The molecule has 1 aromatic carbocycles. The van der Waals surface area contributed by atoms with Crippen LogP contribution in [0.1, 0.15) is 12.2 Å². The fourth-order valence-electron chi connectivity index (χ4n) is 2.69. The lowest BCUT2D eigenvalue weighted by Crippen LogP contribution is -2.11. The first-order valence-corrected chi connectivity index (χ1v) is 6.85. The molecule has 1 aliphatic rings. The van der Waals surface area contributed by atoms with E-state index in [1.54, 1.807) is 25.4 Å². The van der Waals surface area contributed by atoms with E-state index in [9.17, 15) is 4.39 Å². The van der Waals surface area contributed by atoms with Crippen molar-refractivity contribution in [2.24, 2.45) is 5.92 Å². The maximum Gasteiger partial charge on any atom is 0.136 e. The lowest BCUT2D eigenvalue weighted by atomic mass is 10.1. The molecular weight excluding hydrogens is 257 g/mol. The third-order valence-corrected chi connectivity index (χ3v) is 3.74. The van der Waals surface area contributed by atoms with Gasteiger partial charge in [-0.15, -0.1) is 0 Å². The van der Waals surface area contributed by atoms with Crippen molar-refractivity contribution in [3.63, 3.8) is 0 Å². The van der Waals surface area contributed by atoms with Gasteiger partial charge in [0.15, 0.2) is 0 Å². The summed E-state index contributed by atoms with van der Waals surface area (Å²) in [5.74, 6) is 1.72. The summed E-state index contributed by atoms with van der Waals surface area (Å²) in [6.45, 7) is 2.10. The molecule has 1 aliphatic heterocycles. The number of ether oxygens (including phenoxy) is 1. The number of aromatic nitrogens is 2. The summed E-state index contributed by atoms with van der Waals surface area (Å²) in [6.07, 6.45) is 3.74. The molecule has 0 amide bonds. The van der Waals surface area contributed by atoms with Crippen molar-refractivity contribution in [3.05, 3.63) is 36.0 Å². The zero-order valence-corrected chi connectivity index (χ0v) is 11.4. The molecule has 1 fully saturated rings. The smallest absolute Gasteiger partial charge is 0.136 e. The Kier molecular flexibility index (Phi) is 3.69. The molecule has 0 saturated carbocycles. The highest BCUT2D eigenvalue weighted by Gasteiger charge is 2.18. The van der Waals surface area contributed by atoms with Crippen LogP contribution in [0.3, 0.4) is 0 Å². The van der Waals surface area contributed by atoms with Gasteiger partial charge in [-0.05, 0) is 37.6 Å². The Morgan fingerprint density at radius 3 is 3.10 bits per heavy atom. The molecule has 0 aliphatic carbocycles. The Labute approximate surface area is 117 Å². The number of imidazole rings is 1. The summed E-state index contributed by atoms with van der Waals surface area (Å²) in [6, 6.07) is 4.82. The highest BCUT2D eigenvalue weighted by atomic mass is 19.1. The van der Waals surface area contributed by atoms with Crippen molar-refractivity contribution in [1.82, 2.24) is 15.3 Å². The monoisotopic (exact) mass is 275 g/mol. The van der Waals surface area contributed by atoms with Crippen molar-refractivity contribution in [2.45, 2.75) is 12.8 Å². The van der Waals surface area contributed by atoms with E-state index in [0.717, 1.165) is 25.3 Å². The van der Waals surface area contributed by atoms with Gasteiger partial charge in [-0.1, -0.05) is 6.07 Å².